The predicted octanol–water partition coefficient (Wildman–Crippen LogP) is 2.19. The lowest BCUT2D eigenvalue weighted by Crippen LogP contribution is -2.43. The highest BCUT2D eigenvalue weighted by atomic mass is 32.1. The molecule has 0 amide bonds. The molecule has 2 aromatic rings. The minimum atomic E-state index is -0.0615. The molecule has 1 aromatic heterocycles. The summed E-state index contributed by atoms with van der Waals surface area (Å²) >= 11 is 5.65. The number of nitrogens with one attached hydrogen (secondary N) is 2. The van der Waals surface area contributed by atoms with Gasteiger partial charge < -0.3 is 24.7 Å². The van der Waals surface area contributed by atoms with Gasteiger partial charge in [-0.15, -0.1) is 0 Å². The standard InChI is InChI=1S/C23H34N4O3S/c1-17-13-19-15-20(22(28)25-21(19)14-18(17)2)16-27(23(31)24-5-10-29-3)7-4-6-26-8-11-30-12-9-26/h13-15H,4-12,16H2,1-3H3,(H,24,31)(H,25,28). The number of rotatable bonds is 9. The molecule has 31 heavy (non-hydrogen) atoms. The number of pyridine rings is 1. The lowest BCUT2D eigenvalue weighted by Gasteiger charge is -2.29. The third-order valence-corrected chi connectivity index (χ3v) is 6.17. The van der Waals surface area contributed by atoms with Crippen molar-refractivity contribution >= 4 is 28.2 Å². The van der Waals surface area contributed by atoms with Crippen LogP contribution in [0.3, 0.4) is 0 Å². The molecule has 2 heterocycles. The molecule has 0 atom stereocenters. The fourth-order valence-corrected chi connectivity index (χ4v) is 4.04. The lowest BCUT2D eigenvalue weighted by molar-refractivity contribution is 0.0367. The van der Waals surface area contributed by atoms with Crippen LogP contribution in [0.2, 0.25) is 0 Å². The van der Waals surface area contributed by atoms with Crippen LogP contribution in [0.1, 0.15) is 23.1 Å². The van der Waals surface area contributed by atoms with E-state index in [1.54, 1.807) is 7.11 Å². The zero-order chi connectivity index (χ0) is 22.2. The number of thiocarbonyl (C=S) groups is 1. The molecule has 0 spiro atoms. The molecule has 0 aliphatic carbocycles. The van der Waals surface area contributed by atoms with E-state index in [1.165, 1.54) is 11.1 Å². The number of H-pyrrole nitrogens is 1. The largest absolute Gasteiger partial charge is 0.383 e. The van der Waals surface area contributed by atoms with Crippen LogP contribution < -0.4 is 10.9 Å². The van der Waals surface area contributed by atoms with Gasteiger partial charge in [0, 0.05) is 50.9 Å². The fourth-order valence-electron chi connectivity index (χ4n) is 3.78. The average Bonchev–Trinajstić information content (AvgIpc) is 2.75. The first-order chi connectivity index (χ1) is 15.0. The second-order valence-corrected chi connectivity index (χ2v) is 8.49. The summed E-state index contributed by atoms with van der Waals surface area (Å²) in [7, 11) is 1.67. The number of morpholine rings is 1. The monoisotopic (exact) mass is 446 g/mol. The van der Waals surface area contributed by atoms with Crippen LogP contribution in [0.25, 0.3) is 10.9 Å². The number of aromatic nitrogens is 1. The molecule has 1 aliphatic heterocycles. The highest BCUT2D eigenvalue weighted by Gasteiger charge is 2.15. The normalized spacial score (nSPS) is 14.7. The van der Waals surface area contributed by atoms with E-state index in [9.17, 15) is 4.79 Å². The first-order valence-corrected chi connectivity index (χ1v) is 11.3. The van der Waals surface area contributed by atoms with Crippen LogP contribution in [0.15, 0.2) is 23.0 Å². The van der Waals surface area contributed by atoms with Crippen molar-refractivity contribution in [3.63, 3.8) is 0 Å². The Labute approximate surface area is 189 Å². The van der Waals surface area contributed by atoms with Crippen LogP contribution in [-0.4, -0.2) is 79.6 Å². The second-order valence-electron chi connectivity index (χ2n) is 8.10. The van der Waals surface area contributed by atoms with E-state index >= 15 is 0 Å². The molecule has 2 N–H and O–H groups in total. The van der Waals surface area contributed by atoms with Gasteiger partial charge in [0.25, 0.3) is 5.56 Å². The third kappa shape index (κ3) is 6.74. The fraction of sp³-hybridized carbons (Fsp3) is 0.565. The molecule has 0 unspecified atom stereocenters. The number of hydrogen-bond acceptors (Lipinski definition) is 5. The first-order valence-electron chi connectivity index (χ1n) is 10.9. The van der Waals surface area contributed by atoms with E-state index in [0.29, 0.717) is 24.8 Å². The zero-order valence-corrected chi connectivity index (χ0v) is 19.6. The van der Waals surface area contributed by atoms with Gasteiger partial charge in [0.1, 0.15) is 0 Å². The molecule has 3 rings (SSSR count). The van der Waals surface area contributed by atoms with E-state index in [0.717, 1.165) is 62.3 Å². The molecule has 1 saturated heterocycles. The van der Waals surface area contributed by atoms with Gasteiger partial charge in [-0.25, -0.2) is 0 Å². The van der Waals surface area contributed by atoms with Crippen LogP contribution >= 0.6 is 12.2 Å². The molecule has 1 aromatic carbocycles. The predicted molar refractivity (Wildman–Crippen MR) is 129 cm³/mol. The maximum atomic E-state index is 12.8. The van der Waals surface area contributed by atoms with Gasteiger partial charge in [-0.1, -0.05) is 0 Å². The summed E-state index contributed by atoms with van der Waals surface area (Å²) in [6, 6.07) is 6.16. The summed E-state index contributed by atoms with van der Waals surface area (Å²) in [5.74, 6) is 0. The van der Waals surface area contributed by atoms with Crippen LogP contribution in [0.4, 0.5) is 0 Å². The quantitative estimate of drug-likeness (QED) is 0.452. The zero-order valence-electron chi connectivity index (χ0n) is 18.8. The van der Waals surface area contributed by atoms with Crippen molar-refractivity contribution in [1.29, 1.82) is 0 Å². The number of benzene rings is 1. The first kappa shape index (κ1) is 23.7. The minimum Gasteiger partial charge on any atom is -0.383 e. The van der Waals surface area contributed by atoms with Gasteiger partial charge in [-0.2, -0.15) is 0 Å². The Kier molecular flexibility index (Phi) is 8.83. The number of nitrogens with zero attached hydrogens (tertiary/aromatic N) is 2. The van der Waals surface area contributed by atoms with Crippen molar-refractivity contribution in [2.24, 2.45) is 0 Å². The Morgan fingerprint density at radius 3 is 2.74 bits per heavy atom. The number of hydrogen-bond donors (Lipinski definition) is 2. The summed E-state index contributed by atoms with van der Waals surface area (Å²) in [4.78, 5) is 20.3. The molecule has 170 valence electrons. The molecule has 7 nitrogen and oxygen atoms in total. The smallest absolute Gasteiger partial charge is 0.253 e. The van der Waals surface area contributed by atoms with E-state index < -0.39 is 0 Å². The Bertz CT molecular complexity index is 940. The van der Waals surface area contributed by atoms with Crippen molar-refractivity contribution in [1.82, 2.24) is 20.1 Å². The molecular formula is C23H34N4O3S. The van der Waals surface area contributed by atoms with Crippen molar-refractivity contribution < 1.29 is 9.47 Å². The maximum absolute atomic E-state index is 12.8. The molecule has 0 radical (unpaired) electrons. The summed E-state index contributed by atoms with van der Waals surface area (Å²) in [5, 5.41) is 4.95. The van der Waals surface area contributed by atoms with Crippen molar-refractivity contribution in [2.45, 2.75) is 26.8 Å². The van der Waals surface area contributed by atoms with Gasteiger partial charge >= 0.3 is 0 Å². The lowest BCUT2D eigenvalue weighted by atomic mass is 10.0. The van der Waals surface area contributed by atoms with Gasteiger partial charge in [-0.05, 0) is 67.2 Å². The number of aromatic amines is 1. The second kappa shape index (κ2) is 11.6. The van der Waals surface area contributed by atoms with E-state index in [4.69, 9.17) is 21.7 Å². The molecule has 1 fully saturated rings. The molecule has 0 saturated carbocycles. The SMILES string of the molecule is COCCNC(=S)N(CCCN1CCOCC1)Cc1cc2cc(C)c(C)cc2[nH]c1=O. The molecule has 0 bridgehead atoms. The Hall–Kier alpha value is -2.00. The Balaban J connectivity index is 1.72. The summed E-state index contributed by atoms with van der Waals surface area (Å²) in [6.07, 6.45) is 0.968. The molecule has 8 heteroatoms. The molecular weight excluding hydrogens is 412 g/mol. The number of ether oxygens (including phenoxy) is 2. The topological polar surface area (TPSA) is 69.8 Å². The third-order valence-electron chi connectivity index (χ3n) is 5.77. The van der Waals surface area contributed by atoms with E-state index in [-0.39, 0.29) is 5.56 Å². The number of fused-ring (bicyclic) bond motifs is 1. The average molecular weight is 447 g/mol. The summed E-state index contributed by atoms with van der Waals surface area (Å²) in [6.45, 7) is 11.2. The van der Waals surface area contributed by atoms with E-state index in [1.807, 2.05) is 12.1 Å². The van der Waals surface area contributed by atoms with Crippen LogP contribution in [0.5, 0.6) is 0 Å². The number of aryl methyl sites for hydroxylation is 2. The van der Waals surface area contributed by atoms with Crippen molar-refractivity contribution in [2.75, 3.05) is 59.7 Å². The Morgan fingerprint density at radius 2 is 2.00 bits per heavy atom. The van der Waals surface area contributed by atoms with Gasteiger partial charge in [-0.3, -0.25) is 9.69 Å². The summed E-state index contributed by atoms with van der Waals surface area (Å²) < 4.78 is 10.6. The van der Waals surface area contributed by atoms with Crippen molar-refractivity contribution in [3.8, 4) is 0 Å². The molecule has 1 aliphatic rings. The maximum Gasteiger partial charge on any atom is 0.253 e. The van der Waals surface area contributed by atoms with Crippen LogP contribution in [-0.2, 0) is 16.0 Å². The highest BCUT2D eigenvalue weighted by Crippen LogP contribution is 2.18. The summed E-state index contributed by atoms with van der Waals surface area (Å²) in [5.41, 5.74) is 3.91. The van der Waals surface area contributed by atoms with Gasteiger partial charge in [0.2, 0.25) is 0 Å². The van der Waals surface area contributed by atoms with E-state index in [2.05, 4.69) is 40.0 Å². The van der Waals surface area contributed by atoms with Crippen LogP contribution in [0, 0.1) is 13.8 Å². The van der Waals surface area contributed by atoms with Gasteiger partial charge in [0.05, 0.1) is 26.4 Å². The van der Waals surface area contributed by atoms with Crippen molar-refractivity contribution in [3.05, 3.63) is 45.2 Å². The number of methoxy groups -OCH3 is 1. The van der Waals surface area contributed by atoms with Gasteiger partial charge in [0.15, 0.2) is 5.11 Å². The minimum absolute atomic E-state index is 0.0615. The Morgan fingerprint density at radius 1 is 1.26 bits per heavy atom. The highest BCUT2D eigenvalue weighted by molar-refractivity contribution is 7.80.